The van der Waals surface area contributed by atoms with Crippen molar-refractivity contribution in [3.63, 3.8) is 0 Å². The number of phenols is 1. The molecule has 1 saturated heterocycles. The lowest BCUT2D eigenvalue weighted by molar-refractivity contribution is 0.150. The van der Waals surface area contributed by atoms with Crippen molar-refractivity contribution in [3.05, 3.63) is 23.8 Å². The van der Waals surface area contributed by atoms with Crippen LogP contribution in [-0.2, 0) is 6.54 Å². The molecule has 2 aliphatic rings. The van der Waals surface area contributed by atoms with E-state index in [2.05, 4.69) is 27.4 Å². The summed E-state index contributed by atoms with van der Waals surface area (Å²) in [5.41, 5.74) is 0.766. The van der Waals surface area contributed by atoms with Crippen molar-refractivity contribution < 1.29 is 9.84 Å². The third-order valence-corrected chi connectivity index (χ3v) is 5.75. The Balaban J connectivity index is 0.00000280. The van der Waals surface area contributed by atoms with E-state index in [9.17, 15) is 5.11 Å². The number of rotatable bonds is 6. The molecule has 3 N–H and O–H groups in total. The van der Waals surface area contributed by atoms with E-state index in [0.29, 0.717) is 12.6 Å². The summed E-state index contributed by atoms with van der Waals surface area (Å²) in [5, 5.41) is 17.0. The number of aromatic hydroxyl groups is 1. The van der Waals surface area contributed by atoms with Crippen molar-refractivity contribution in [1.82, 2.24) is 15.5 Å². The van der Waals surface area contributed by atoms with Gasteiger partial charge in [-0.3, -0.25) is 0 Å². The Bertz CT molecular complexity index is 627. The molecular formula is C21H35IN4O2. The Morgan fingerprint density at radius 3 is 2.57 bits per heavy atom. The molecule has 0 amide bonds. The van der Waals surface area contributed by atoms with Crippen LogP contribution in [0.25, 0.3) is 0 Å². The van der Waals surface area contributed by atoms with Crippen molar-refractivity contribution in [2.45, 2.75) is 64.1 Å². The Hall–Kier alpha value is -1.22. The second kappa shape index (κ2) is 11.7. The van der Waals surface area contributed by atoms with E-state index in [0.717, 1.165) is 42.7 Å². The number of nitrogens with zero attached hydrogens (tertiary/aromatic N) is 2. The number of benzene rings is 1. The van der Waals surface area contributed by atoms with Gasteiger partial charge in [-0.1, -0.05) is 12.8 Å². The van der Waals surface area contributed by atoms with Crippen LogP contribution in [0.4, 0.5) is 0 Å². The van der Waals surface area contributed by atoms with Gasteiger partial charge in [0.25, 0.3) is 0 Å². The molecule has 1 saturated carbocycles. The fourth-order valence-electron chi connectivity index (χ4n) is 4.17. The molecule has 0 unspecified atom stereocenters. The summed E-state index contributed by atoms with van der Waals surface area (Å²) < 4.78 is 5.24. The lowest BCUT2D eigenvalue weighted by Crippen LogP contribution is -2.50. The third-order valence-electron chi connectivity index (χ3n) is 5.75. The van der Waals surface area contributed by atoms with Gasteiger partial charge in [0.15, 0.2) is 5.96 Å². The number of nitrogens with one attached hydrogen (secondary N) is 2. The number of ether oxygens (including phenoxy) is 1. The van der Waals surface area contributed by atoms with Crippen LogP contribution in [0.5, 0.6) is 11.5 Å². The summed E-state index contributed by atoms with van der Waals surface area (Å²) in [6, 6.07) is 6.53. The first-order valence-electron chi connectivity index (χ1n) is 10.3. The van der Waals surface area contributed by atoms with Crippen LogP contribution in [0.1, 0.15) is 51.0 Å². The smallest absolute Gasteiger partial charge is 0.191 e. The second-order valence-electron chi connectivity index (χ2n) is 7.58. The number of hydrogen-bond donors (Lipinski definition) is 3. The fourth-order valence-corrected chi connectivity index (χ4v) is 4.17. The van der Waals surface area contributed by atoms with Crippen molar-refractivity contribution >= 4 is 29.9 Å². The van der Waals surface area contributed by atoms with Crippen molar-refractivity contribution in [1.29, 1.82) is 0 Å². The Labute approximate surface area is 186 Å². The van der Waals surface area contributed by atoms with Crippen LogP contribution in [0, 0.1) is 0 Å². The molecule has 1 aromatic rings. The lowest BCUT2D eigenvalue weighted by Gasteiger charge is -2.36. The maximum absolute atomic E-state index is 10.1. The largest absolute Gasteiger partial charge is 0.508 e. The predicted octanol–water partition coefficient (Wildman–Crippen LogP) is 3.48. The van der Waals surface area contributed by atoms with Gasteiger partial charge in [0.2, 0.25) is 0 Å². The molecule has 0 radical (unpaired) electrons. The zero-order chi connectivity index (χ0) is 19.1. The summed E-state index contributed by atoms with van der Waals surface area (Å²) in [6.07, 6.45) is 7.88. The SMILES string of the molecule is CCNC(=NCc1cc(OC)ccc1O)NC1CCN(C2CCCC2)CC1.I. The average Bonchev–Trinajstić information content (AvgIpc) is 3.23. The van der Waals surface area contributed by atoms with Gasteiger partial charge >= 0.3 is 0 Å². The minimum atomic E-state index is 0. The van der Waals surface area contributed by atoms with Gasteiger partial charge in [-0.25, -0.2) is 4.99 Å². The van der Waals surface area contributed by atoms with E-state index in [1.165, 1.54) is 38.8 Å². The second-order valence-corrected chi connectivity index (χ2v) is 7.58. The van der Waals surface area contributed by atoms with Gasteiger partial charge in [-0.15, -0.1) is 24.0 Å². The zero-order valence-corrected chi connectivity index (χ0v) is 19.4. The topological polar surface area (TPSA) is 69.1 Å². The first-order chi connectivity index (χ1) is 13.2. The minimum Gasteiger partial charge on any atom is -0.508 e. The molecule has 7 heteroatoms. The lowest BCUT2D eigenvalue weighted by atomic mass is 10.0. The van der Waals surface area contributed by atoms with Crippen molar-refractivity contribution in [3.8, 4) is 11.5 Å². The highest BCUT2D eigenvalue weighted by Crippen LogP contribution is 2.26. The Morgan fingerprint density at radius 1 is 1.21 bits per heavy atom. The molecule has 1 heterocycles. The van der Waals surface area contributed by atoms with Crippen LogP contribution < -0.4 is 15.4 Å². The summed E-state index contributed by atoms with van der Waals surface area (Å²) in [7, 11) is 1.63. The number of likely N-dealkylation sites (tertiary alicyclic amines) is 1. The highest BCUT2D eigenvalue weighted by molar-refractivity contribution is 14.0. The fraction of sp³-hybridized carbons (Fsp3) is 0.667. The highest BCUT2D eigenvalue weighted by Gasteiger charge is 2.27. The number of guanidine groups is 1. The maximum atomic E-state index is 10.1. The summed E-state index contributed by atoms with van der Waals surface area (Å²) in [4.78, 5) is 7.36. The monoisotopic (exact) mass is 502 g/mol. The zero-order valence-electron chi connectivity index (χ0n) is 17.1. The van der Waals surface area contributed by atoms with Crippen LogP contribution in [-0.4, -0.2) is 54.8 Å². The molecule has 2 fully saturated rings. The van der Waals surface area contributed by atoms with E-state index in [1.807, 2.05) is 6.07 Å². The third kappa shape index (κ3) is 6.40. The van der Waals surface area contributed by atoms with Gasteiger partial charge in [-0.2, -0.15) is 0 Å². The number of aliphatic imine (C=N–C) groups is 1. The van der Waals surface area contributed by atoms with Gasteiger partial charge in [0.05, 0.1) is 13.7 Å². The standard InChI is InChI=1S/C21H34N4O2.HI/c1-3-22-21(23-15-16-14-19(27-2)8-9-20(16)26)24-17-10-12-25(13-11-17)18-6-4-5-7-18;/h8-9,14,17-18,26H,3-7,10-13,15H2,1-2H3,(H2,22,23,24);1H. The molecule has 3 rings (SSSR count). The van der Waals surface area contributed by atoms with Crippen LogP contribution in [0.3, 0.4) is 0 Å². The molecule has 158 valence electrons. The summed E-state index contributed by atoms with van der Waals surface area (Å²) in [6.45, 7) is 5.66. The predicted molar refractivity (Wildman–Crippen MR) is 125 cm³/mol. The van der Waals surface area contributed by atoms with E-state index in [4.69, 9.17) is 4.74 Å². The van der Waals surface area contributed by atoms with Crippen LogP contribution in [0.15, 0.2) is 23.2 Å². The average molecular weight is 502 g/mol. The number of phenolic OH excluding ortho intramolecular Hbond substituents is 1. The molecule has 0 aromatic heterocycles. The molecule has 1 aromatic carbocycles. The number of halogens is 1. The number of hydrogen-bond acceptors (Lipinski definition) is 4. The van der Waals surface area contributed by atoms with Crippen molar-refractivity contribution in [2.24, 2.45) is 4.99 Å². The maximum Gasteiger partial charge on any atom is 0.191 e. The highest BCUT2D eigenvalue weighted by atomic mass is 127. The van der Waals surface area contributed by atoms with Gasteiger partial charge in [-0.05, 0) is 50.8 Å². The Kier molecular flexibility index (Phi) is 9.64. The molecule has 0 atom stereocenters. The quantitative estimate of drug-likeness (QED) is 0.316. The normalized spacial score (nSPS) is 19.3. The molecule has 6 nitrogen and oxygen atoms in total. The molecule has 28 heavy (non-hydrogen) atoms. The van der Waals surface area contributed by atoms with Crippen molar-refractivity contribution in [2.75, 3.05) is 26.7 Å². The summed E-state index contributed by atoms with van der Waals surface area (Å²) >= 11 is 0. The van der Waals surface area contributed by atoms with Gasteiger partial charge in [0, 0.05) is 37.3 Å². The molecule has 1 aliphatic carbocycles. The molecule has 1 aliphatic heterocycles. The van der Waals surface area contributed by atoms with Gasteiger partial charge < -0.3 is 25.4 Å². The first-order valence-corrected chi connectivity index (χ1v) is 10.3. The number of piperidine rings is 1. The minimum absolute atomic E-state index is 0. The molecule has 0 spiro atoms. The number of methoxy groups -OCH3 is 1. The molecule has 0 bridgehead atoms. The summed E-state index contributed by atoms with van der Waals surface area (Å²) in [5.74, 6) is 1.80. The van der Waals surface area contributed by atoms with E-state index >= 15 is 0 Å². The van der Waals surface area contributed by atoms with Crippen LogP contribution >= 0.6 is 24.0 Å². The van der Waals surface area contributed by atoms with E-state index < -0.39 is 0 Å². The van der Waals surface area contributed by atoms with E-state index in [1.54, 1.807) is 19.2 Å². The first kappa shape index (κ1) is 23.1. The Morgan fingerprint density at radius 2 is 1.93 bits per heavy atom. The van der Waals surface area contributed by atoms with Crippen LogP contribution in [0.2, 0.25) is 0 Å². The van der Waals surface area contributed by atoms with Gasteiger partial charge in [0.1, 0.15) is 11.5 Å². The molecular weight excluding hydrogens is 467 g/mol. The van der Waals surface area contributed by atoms with E-state index in [-0.39, 0.29) is 29.7 Å².